The third kappa shape index (κ3) is 2.40. The van der Waals surface area contributed by atoms with E-state index >= 15 is 0 Å². The summed E-state index contributed by atoms with van der Waals surface area (Å²) in [6.07, 6.45) is -4.27. The number of benzene rings is 1. The van der Waals surface area contributed by atoms with Crippen molar-refractivity contribution in [2.24, 2.45) is 0 Å². The Kier molecular flexibility index (Phi) is 2.90. The van der Waals surface area contributed by atoms with Crippen molar-refractivity contribution in [1.29, 1.82) is 0 Å². The largest absolute Gasteiger partial charge is 0.573 e. The number of hydrogen-bond donors (Lipinski definition) is 1. The number of aliphatic hydroxyl groups is 1. The average molecular weight is 289 g/mol. The highest BCUT2D eigenvalue weighted by Gasteiger charge is 2.37. The van der Waals surface area contributed by atoms with Gasteiger partial charge in [-0.05, 0) is 30.9 Å². The van der Waals surface area contributed by atoms with Gasteiger partial charge in [0.25, 0.3) is 0 Å². The van der Waals surface area contributed by atoms with E-state index in [-0.39, 0.29) is 11.7 Å². The van der Waals surface area contributed by atoms with Gasteiger partial charge in [-0.15, -0.1) is 24.5 Å². The Morgan fingerprint density at radius 2 is 2.05 bits per heavy atom. The lowest BCUT2D eigenvalue weighted by atomic mass is 9.77. The van der Waals surface area contributed by atoms with Gasteiger partial charge in [0.2, 0.25) is 0 Å². The van der Waals surface area contributed by atoms with Crippen LogP contribution in [0.5, 0.6) is 5.75 Å². The molecule has 1 aromatic heterocycles. The Labute approximate surface area is 110 Å². The number of hydrogen-bond acceptors (Lipinski definition) is 4. The quantitative estimate of drug-likeness (QED) is 0.921. The van der Waals surface area contributed by atoms with E-state index in [1.807, 2.05) is 0 Å². The Bertz CT molecular complexity index is 605. The van der Waals surface area contributed by atoms with Crippen LogP contribution < -0.4 is 4.74 Å². The van der Waals surface area contributed by atoms with Crippen LogP contribution in [0.25, 0.3) is 10.2 Å². The summed E-state index contributed by atoms with van der Waals surface area (Å²) in [5.41, 5.74) is 2.60. The van der Waals surface area contributed by atoms with Crippen LogP contribution in [0.15, 0.2) is 17.6 Å². The average Bonchev–Trinajstić information content (AvgIpc) is 2.71. The number of nitrogens with zero attached hydrogens (tertiary/aromatic N) is 1. The summed E-state index contributed by atoms with van der Waals surface area (Å²) in [5, 5.41) is 9.34. The Morgan fingerprint density at radius 3 is 2.68 bits per heavy atom. The highest BCUT2D eigenvalue weighted by atomic mass is 32.1. The number of aliphatic hydroxyl groups excluding tert-OH is 1. The summed E-state index contributed by atoms with van der Waals surface area (Å²) in [4.78, 5) is 4.13. The Hall–Kier alpha value is -1.34. The minimum atomic E-state index is -4.72. The molecule has 3 rings (SSSR count). The predicted octanol–water partition coefficient (Wildman–Crippen LogP) is 3.43. The van der Waals surface area contributed by atoms with Gasteiger partial charge in [0.1, 0.15) is 5.75 Å². The van der Waals surface area contributed by atoms with Crippen LogP contribution >= 0.6 is 11.3 Å². The summed E-state index contributed by atoms with van der Waals surface area (Å²) in [7, 11) is 0. The summed E-state index contributed by atoms with van der Waals surface area (Å²) >= 11 is 1.37. The van der Waals surface area contributed by atoms with Crippen LogP contribution in [-0.4, -0.2) is 22.6 Å². The molecule has 0 bridgehead atoms. The normalized spacial score (nSPS) is 23.4. The first kappa shape index (κ1) is 12.7. The topological polar surface area (TPSA) is 42.4 Å². The first-order valence-electron chi connectivity index (χ1n) is 5.74. The summed E-state index contributed by atoms with van der Waals surface area (Å²) in [6, 6.07) is 2.90. The van der Waals surface area contributed by atoms with Gasteiger partial charge in [-0.1, -0.05) is 0 Å². The second-order valence-corrected chi connectivity index (χ2v) is 5.43. The van der Waals surface area contributed by atoms with Crippen molar-refractivity contribution < 1.29 is 23.0 Å². The summed E-state index contributed by atoms with van der Waals surface area (Å²) in [5.74, 6) is -0.332. The third-order valence-electron chi connectivity index (χ3n) is 3.25. The fourth-order valence-corrected chi connectivity index (χ4v) is 3.06. The SMILES string of the molecule is OC1CC(c2c(OC(F)(F)F)ccc3scnc23)C1. The highest BCUT2D eigenvalue weighted by molar-refractivity contribution is 7.16. The van der Waals surface area contributed by atoms with E-state index < -0.39 is 12.5 Å². The van der Waals surface area contributed by atoms with Crippen LogP contribution in [0.1, 0.15) is 24.3 Å². The summed E-state index contributed by atoms with van der Waals surface area (Å²) in [6.45, 7) is 0. The molecule has 0 saturated heterocycles. The number of rotatable bonds is 2. The monoisotopic (exact) mass is 289 g/mol. The zero-order valence-electron chi connectivity index (χ0n) is 9.65. The minimum Gasteiger partial charge on any atom is -0.405 e. The molecular weight excluding hydrogens is 279 g/mol. The van der Waals surface area contributed by atoms with E-state index in [0.29, 0.717) is 23.9 Å². The van der Waals surface area contributed by atoms with Crippen LogP contribution in [-0.2, 0) is 0 Å². The number of fused-ring (bicyclic) bond motifs is 1. The summed E-state index contributed by atoms with van der Waals surface area (Å²) < 4.78 is 42.2. The second kappa shape index (κ2) is 4.35. The molecule has 1 saturated carbocycles. The first-order valence-corrected chi connectivity index (χ1v) is 6.62. The van der Waals surface area contributed by atoms with Gasteiger partial charge in [-0.25, -0.2) is 4.98 Å². The first-order chi connectivity index (χ1) is 8.94. The van der Waals surface area contributed by atoms with Gasteiger partial charge in [-0.3, -0.25) is 0 Å². The fraction of sp³-hybridized carbons (Fsp3) is 0.417. The molecule has 2 aromatic rings. The van der Waals surface area contributed by atoms with Crippen molar-refractivity contribution in [2.75, 3.05) is 0 Å². The molecule has 1 fully saturated rings. The van der Waals surface area contributed by atoms with Crippen LogP contribution in [0.3, 0.4) is 0 Å². The molecule has 102 valence electrons. The lowest BCUT2D eigenvalue weighted by molar-refractivity contribution is -0.275. The van der Waals surface area contributed by atoms with Crippen molar-refractivity contribution >= 4 is 21.6 Å². The van der Waals surface area contributed by atoms with Gasteiger partial charge in [0.05, 0.1) is 21.8 Å². The van der Waals surface area contributed by atoms with Crippen molar-refractivity contribution in [2.45, 2.75) is 31.2 Å². The van der Waals surface area contributed by atoms with E-state index in [4.69, 9.17) is 0 Å². The molecule has 0 amide bonds. The molecular formula is C12H10F3NO2S. The molecule has 0 radical (unpaired) electrons. The van der Waals surface area contributed by atoms with E-state index in [9.17, 15) is 18.3 Å². The molecule has 1 N–H and O–H groups in total. The molecule has 0 spiro atoms. The van der Waals surface area contributed by atoms with Crippen LogP contribution in [0, 0.1) is 0 Å². The molecule has 0 atom stereocenters. The van der Waals surface area contributed by atoms with Gasteiger partial charge in [0, 0.05) is 5.56 Å². The molecule has 0 unspecified atom stereocenters. The van der Waals surface area contributed by atoms with Gasteiger partial charge < -0.3 is 9.84 Å². The molecule has 19 heavy (non-hydrogen) atoms. The van der Waals surface area contributed by atoms with E-state index in [2.05, 4.69) is 9.72 Å². The van der Waals surface area contributed by atoms with Gasteiger partial charge in [-0.2, -0.15) is 0 Å². The number of alkyl halides is 3. The van der Waals surface area contributed by atoms with Crippen molar-refractivity contribution in [3.05, 3.63) is 23.2 Å². The fourth-order valence-electron chi connectivity index (χ4n) is 2.37. The maximum Gasteiger partial charge on any atom is 0.573 e. The number of ether oxygens (including phenoxy) is 1. The molecule has 7 heteroatoms. The zero-order valence-corrected chi connectivity index (χ0v) is 10.5. The van der Waals surface area contributed by atoms with E-state index in [1.54, 1.807) is 11.6 Å². The zero-order chi connectivity index (χ0) is 13.6. The van der Waals surface area contributed by atoms with Gasteiger partial charge >= 0.3 is 6.36 Å². The number of aromatic nitrogens is 1. The lowest BCUT2D eigenvalue weighted by Crippen LogP contribution is -2.28. The van der Waals surface area contributed by atoms with Crippen LogP contribution in [0.2, 0.25) is 0 Å². The van der Waals surface area contributed by atoms with Gasteiger partial charge in [0.15, 0.2) is 0 Å². The molecule has 1 aliphatic rings. The maximum atomic E-state index is 12.4. The standard InChI is InChI=1S/C12H10F3NO2S/c13-12(14,15)18-8-1-2-9-11(16-5-19-9)10(8)6-3-7(17)4-6/h1-2,5-7,17H,3-4H2. The van der Waals surface area contributed by atoms with Crippen molar-refractivity contribution in [3.63, 3.8) is 0 Å². The Morgan fingerprint density at radius 1 is 1.32 bits per heavy atom. The number of thiazole rings is 1. The molecule has 3 nitrogen and oxygen atoms in total. The van der Waals surface area contributed by atoms with Crippen molar-refractivity contribution in [3.8, 4) is 5.75 Å². The Balaban J connectivity index is 2.07. The third-order valence-corrected chi connectivity index (χ3v) is 4.04. The molecule has 1 heterocycles. The molecule has 0 aliphatic heterocycles. The lowest BCUT2D eigenvalue weighted by Gasteiger charge is -2.33. The number of halogens is 3. The van der Waals surface area contributed by atoms with Crippen molar-refractivity contribution in [1.82, 2.24) is 4.98 Å². The van der Waals surface area contributed by atoms with E-state index in [0.717, 1.165) is 4.70 Å². The van der Waals surface area contributed by atoms with Crippen LogP contribution in [0.4, 0.5) is 13.2 Å². The molecule has 1 aromatic carbocycles. The maximum absolute atomic E-state index is 12.4. The van der Waals surface area contributed by atoms with E-state index in [1.165, 1.54) is 17.4 Å². The highest BCUT2D eigenvalue weighted by Crippen LogP contribution is 2.45. The second-order valence-electron chi connectivity index (χ2n) is 4.55. The molecule has 1 aliphatic carbocycles. The minimum absolute atomic E-state index is 0.127. The smallest absolute Gasteiger partial charge is 0.405 e. The predicted molar refractivity (Wildman–Crippen MR) is 64.3 cm³/mol.